The van der Waals surface area contributed by atoms with Crippen molar-refractivity contribution in [2.24, 2.45) is 0 Å². The number of benzene rings is 3. The number of carbonyl (C=O) groups excluding carboxylic acids is 2. The summed E-state index contributed by atoms with van der Waals surface area (Å²) in [7, 11) is 0. The maximum atomic E-state index is 13.1. The molecule has 0 aliphatic carbocycles. The monoisotopic (exact) mass is 474 g/mol. The molecular formula is C26H22N2O3S2. The van der Waals surface area contributed by atoms with Crippen molar-refractivity contribution in [2.45, 2.75) is 19.6 Å². The van der Waals surface area contributed by atoms with Crippen molar-refractivity contribution >= 4 is 51.9 Å². The van der Waals surface area contributed by atoms with Crippen molar-refractivity contribution < 1.29 is 14.3 Å². The maximum absolute atomic E-state index is 13.1. The van der Waals surface area contributed by atoms with E-state index in [1.54, 1.807) is 25.1 Å². The molecule has 2 amide bonds. The Morgan fingerprint density at radius 3 is 2.48 bits per heavy atom. The summed E-state index contributed by atoms with van der Waals surface area (Å²) in [5, 5.41) is 2.82. The molecule has 1 fully saturated rings. The van der Waals surface area contributed by atoms with E-state index in [-0.39, 0.29) is 11.8 Å². The minimum absolute atomic E-state index is 0.281. The number of rotatable bonds is 7. The van der Waals surface area contributed by atoms with Crippen LogP contribution in [0.1, 0.15) is 18.1 Å². The topological polar surface area (TPSA) is 58.6 Å². The van der Waals surface area contributed by atoms with Gasteiger partial charge in [0.15, 0.2) is 0 Å². The second-order valence-corrected chi connectivity index (χ2v) is 9.11. The Balaban J connectivity index is 1.44. The molecule has 3 aromatic rings. The van der Waals surface area contributed by atoms with Crippen LogP contribution in [-0.2, 0) is 16.2 Å². The smallest absolute Gasteiger partial charge is 0.266 e. The lowest BCUT2D eigenvalue weighted by Gasteiger charge is -2.22. The van der Waals surface area contributed by atoms with Crippen LogP contribution >= 0.6 is 24.0 Å². The van der Waals surface area contributed by atoms with Gasteiger partial charge < -0.3 is 10.1 Å². The molecule has 0 spiro atoms. The Hall–Kier alpha value is -3.42. The molecule has 1 heterocycles. The van der Waals surface area contributed by atoms with Crippen LogP contribution in [0.15, 0.2) is 89.8 Å². The number of hydrogen-bond acceptors (Lipinski definition) is 5. The number of amides is 2. The number of thiocarbonyl (C=S) groups is 1. The number of thioether (sulfide) groups is 1. The van der Waals surface area contributed by atoms with Gasteiger partial charge in [0.2, 0.25) is 5.91 Å². The zero-order chi connectivity index (χ0) is 23.2. The Kier molecular flexibility index (Phi) is 7.22. The van der Waals surface area contributed by atoms with Gasteiger partial charge in [0.05, 0.1) is 4.91 Å². The number of nitrogens with one attached hydrogen (secondary N) is 1. The molecule has 1 atom stereocenters. The molecule has 5 nitrogen and oxygen atoms in total. The standard InChI is InChI=1S/C26H22N2O3S2/c1-18(24(29)27-21-12-6-3-7-13-21)28-25(30)23(33-26(28)32)16-20-11-8-14-22(15-20)31-17-19-9-4-2-5-10-19/h2-16,18H,17H2,1H3,(H,27,29)/b23-16-. The normalized spacial score (nSPS) is 15.5. The van der Waals surface area contributed by atoms with E-state index in [9.17, 15) is 9.59 Å². The van der Waals surface area contributed by atoms with E-state index in [1.165, 1.54) is 16.7 Å². The Labute approximate surface area is 202 Å². The largest absolute Gasteiger partial charge is 0.489 e. The van der Waals surface area contributed by atoms with Gasteiger partial charge in [-0.15, -0.1) is 0 Å². The van der Waals surface area contributed by atoms with Gasteiger partial charge in [-0.25, -0.2) is 0 Å². The Morgan fingerprint density at radius 2 is 1.76 bits per heavy atom. The first-order chi connectivity index (χ1) is 16.0. The molecule has 0 radical (unpaired) electrons. The fraction of sp³-hybridized carbons (Fsp3) is 0.115. The van der Waals surface area contributed by atoms with Gasteiger partial charge in [-0.1, -0.05) is 84.6 Å². The summed E-state index contributed by atoms with van der Waals surface area (Å²) in [6.45, 7) is 2.13. The van der Waals surface area contributed by atoms with E-state index < -0.39 is 6.04 Å². The van der Waals surface area contributed by atoms with Gasteiger partial charge in [-0.2, -0.15) is 0 Å². The zero-order valence-corrected chi connectivity index (χ0v) is 19.6. The van der Waals surface area contributed by atoms with Gasteiger partial charge in [0, 0.05) is 5.69 Å². The van der Waals surface area contributed by atoms with Crippen LogP contribution in [0.2, 0.25) is 0 Å². The highest BCUT2D eigenvalue weighted by atomic mass is 32.2. The highest BCUT2D eigenvalue weighted by Crippen LogP contribution is 2.34. The highest BCUT2D eigenvalue weighted by Gasteiger charge is 2.38. The van der Waals surface area contributed by atoms with Gasteiger partial charge >= 0.3 is 0 Å². The average molecular weight is 475 g/mol. The second-order valence-electron chi connectivity index (χ2n) is 7.43. The van der Waals surface area contributed by atoms with Gasteiger partial charge in [0.1, 0.15) is 22.7 Å². The van der Waals surface area contributed by atoms with E-state index >= 15 is 0 Å². The third-order valence-electron chi connectivity index (χ3n) is 5.04. The summed E-state index contributed by atoms with van der Waals surface area (Å²) >= 11 is 6.61. The van der Waals surface area contributed by atoms with Crippen LogP contribution in [0.25, 0.3) is 6.08 Å². The van der Waals surface area contributed by atoms with E-state index in [2.05, 4.69) is 5.32 Å². The lowest BCUT2D eigenvalue weighted by Crippen LogP contribution is -2.44. The summed E-state index contributed by atoms with van der Waals surface area (Å²) < 4.78 is 6.24. The van der Waals surface area contributed by atoms with Crippen molar-refractivity contribution in [2.75, 3.05) is 5.32 Å². The van der Waals surface area contributed by atoms with Crippen LogP contribution in [-0.4, -0.2) is 27.1 Å². The molecule has 1 unspecified atom stereocenters. The summed E-state index contributed by atoms with van der Waals surface area (Å²) in [5.41, 5.74) is 2.57. The van der Waals surface area contributed by atoms with Crippen LogP contribution in [0.3, 0.4) is 0 Å². The summed E-state index contributed by atoms with van der Waals surface area (Å²) in [6, 6.07) is 25.8. The number of anilines is 1. The number of hydrogen-bond donors (Lipinski definition) is 1. The van der Waals surface area contributed by atoms with Crippen LogP contribution < -0.4 is 10.1 Å². The third kappa shape index (κ3) is 5.69. The summed E-state index contributed by atoms with van der Waals surface area (Å²) in [4.78, 5) is 27.6. The van der Waals surface area contributed by atoms with Gasteiger partial charge in [-0.3, -0.25) is 14.5 Å². The highest BCUT2D eigenvalue weighted by molar-refractivity contribution is 8.26. The Morgan fingerprint density at radius 1 is 1.06 bits per heavy atom. The van der Waals surface area contributed by atoms with Crippen molar-refractivity contribution in [1.82, 2.24) is 4.90 Å². The minimum Gasteiger partial charge on any atom is -0.489 e. The van der Waals surface area contributed by atoms with E-state index in [1.807, 2.05) is 72.8 Å². The first-order valence-electron chi connectivity index (χ1n) is 10.4. The quantitative estimate of drug-likeness (QED) is 0.362. The summed E-state index contributed by atoms with van der Waals surface area (Å²) in [5.74, 6) is 0.130. The average Bonchev–Trinajstić information content (AvgIpc) is 3.11. The van der Waals surface area contributed by atoms with E-state index in [0.717, 1.165) is 11.1 Å². The molecule has 3 aromatic carbocycles. The van der Waals surface area contributed by atoms with Crippen molar-refractivity contribution in [3.63, 3.8) is 0 Å². The predicted molar refractivity (Wildman–Crippen MR) is 137 cm³/mol. The van der Waals surface area contributed by atoms with Crippen LogP contribution in [0.5, 0.6) is 5.75 Å². The molecular weight excluding hydrogens is 452 g/mol. The molecule has 0 aromatic heterocycles. The van der Waals surface area contributed by atoms with E-state index in [4.69, 9.17) is 17.0 Å². The van der Waals surface area contributed by atoms with Crippen LogP contribution in [0, 0.1) is 0 Å². The minimum atomic E-state index is -0.732. The fourth-order valence-corrected chi connectivity index (χ4v) is 4.70. The molecule has 1 N–H and O–H groups in total. The van der Waals surface area contributed by atoms with Crippen molar-refractivity contribution in [1.29, 1.82) is 0 Å². The van der Waals surface area contributed by atoms with Crippen molar-refractivity contribution in [3.8, 4) is 5.75 Å². The van der Waals surface area contributed by atoms with Gasteiger partial charge in [0.25, 0.3) is 5.91 Å². The molecule has 4 rings (SSSR count). The second kappa shape index (κ2) is 10.5. The van der Waals surface area contributed by atoms with Gasteiger partial charge in [-0.05, 0) is 48.4 Å². The Bertz CT molecular complexity index is 1200. The molecule has 7 heteroatoms. The molecule has 33 heavy (non-hydrogen) atoms. The molecule has 0 saturated carbocycles. The molecule has 1 aliphatic heterocycles. The van der Waals surface area contributed by atoms with E-state index in [0.29, 0.717) is 27.3 Å². The number of nitrogens with zero attached hydrogens (tertiary/aromatic N) is 1. The number of ether oxygens (including phenoxy) is 1. The van der Waals surface area contributed by atoms with Crippen molar-refractivity contribution in [3.05, 3.63) is 101 Å². The molecule has 0 bridgehead atoms. The third-order valence-corrected chi connectivity index (χ3v) is 6.37. The van der Waals surface area contributed by atoms with Crippen LogP contribution in [0.4, 0.5) is 5.69 Å². The SMILES string of the molecule is CC(C(=O)Nc1ccccc1)N1C(=O)/C(=C/c2cccc(OCc3ccccc3)c2)SC1=S. The zero-order valence-electron chi connectivity index (χ0n) is 17.9. The fourth-order valence-electron chi connectivity index (χ4n) is 3.29. The predicted octanol–water partition coefficient (Wildman–Crippen LogP) is 5.49. The molecule has 1 aliphatic rings. The first-order valence-corrected chi connectivity index (χ1v) is 11.6. The lowest BCUT2D eigenvalue weighted by atomic mass is 10.2. The maximum Gasteiger partial charge on any atom is 0.266 e. The molecule has 1 saturated heterocycles. The summed E-state index contributed by atoms with van der Waals surface area (Å²) in [6.07, 6.45) is 1.77. The lowest BCUT2D eigenvalue weighted by molar-refractivity contribution is -0.129. The number of para-hydroxylation sites is 1. The number of carbonyl (C=O) groups is 2. The first kappa shape index (κ1) is 22.8. The molecule has 166 valence electrons.